The van der Waals surface area contributed by atoms with E-state index in [1.54, 1.807) is 30.3 Å². The van der Waals surface area contributed by atoms with Gasteiger partial charge < -0.3 is 5.11 Å². The Morgan fingerprint density at radius 3 is 2.68 bits per heavy atom. The van der Waals surface area contributed by atoms with Gasteiger partial charge in [-0.3, -0.25) is 9.78 Å². The molecule has 1 unspecified atom stereocenters. The third-order valence-corrected chi connectivity index (χ3v) is 3.12. The lowest BCUT2D eigenvalue weighted by Gasteiger charge is -2.13. The highest BCUT2D eigenvalue weighted by Crippen LogP contribution is 2.26. The number of carboxylic acids is 1. The highest BCUT2D eigenvalue weighted by molar-refractivity contribution is 6.31. The molecular formula is C14H11ClFNO2. The van der Waals surface area contributed by atoms with E-state index >= 15 is 0 Å². The van der Waals surface area contributed by atoms with Gasteiger partial charge in [-0.2, -0.15) is 0 Å². The summed E-state index contributed by atoms with van der Waals surface area (Å²) in [6.07, 6.45) is 1.48. The maximum absolute atomic E-state index is 13.6. The Balaban J connectivity index is 2.35. The fraction of sp³-hybridized carbons (Fsp3) is 0.143. The number of aromatic nitrogens is 1. The van der Waals surface area contributed by atoms with E-state index in [1.807, 2.05) is 0 Å². The van der Waals surface area contributed by atoms with Crippen LogP contribution < -0.4 is 0 Å². The van der Waals surface area contributed by atoms with Crippen LogP contribution in [0, 0.1) is 5.82 Å². The number of nitrogens with zero attached hydrogens (tertiary/aromatic N) is 1. The molecular weight excluding hydrogens is 269 g/mol. The maximum Gasteiger partial charge on any atom is 0.312 e. The lowest BCUT2D eigenvalue weighted by molar-refractivity contribution is -0.138. The van der Waals surface area contributed by atoms with E-state index in [1.165, 1.54) is 12.3 Å². The van der Waals surface area contributed by atoms with Crippen LogP contribution >= 0.6 is 11.6 Å². The van der Waals surface area contributed by atoms with Gasteiger partial charge in [-0.25, -0.2) is 4.39 Å². The van der Waals surface area contributed by atoms with Crippen molar-refractivity contribution in [1.29, 1.82) is 0 Å². The SMILES string of the molecule is O=C(O)C(Cc1ccccc1F)c1ncccc1Cl. The van der Waals surface area contributed by atoms with Crippen molar-refractivity contribution in [3.05, 3.63) is 64.7 Å². The number of carbonyl (C=O) groups is 1. The molecule has 1 heterocycles. The second-order valence-corrected chi connectivity index (χ2v) is 4.46. The van der Waals surface area contributed by atoms with Crippen LogP contribution in [0.3, 0.4) is 0 Å². The Hall–Kier alpha value is -1.94. The van der Waals surface area contributed by atoms with Crippen LogP contribution in [0.4, 0.5) is 4.39 Å². The van der Waals surface area contributed by atoms with Crippen LogP contribution in [-0.2, 0) is 11.2 Å². The fourth-order valence-corrected chi connectivity index (χ4v) is 2.09. The fourth-order valence-electron chi connectivity index (χ4n) is 1.84. The van der Waals surface area contributed by atoms with Gasteiger partial charge >= 0.3 is 5.97 Å². The molecule has 1 aromatic heterocycles. The van der Waals surface area contributed by atoms with E-state index in [9.17, 15) is 14.3 Å². The molecule has 0 spiro atoms. The molecule has 2 rings (SSSR count). The largest absolute Gasteiger partial charge is 0.481 e. The Morgan fingerprint density at radius 2 is 2.05 bits per heavy atom. The van der Waals surface area contributed by atoms with Gasteiger partial charge in [0, 0.05) is 6.20 Å². The number of hydrogen-bond acceptors (Lipinski definition) is 2. The van der Waals surface area contributed by atoms with E-state index < -0.39 is 17.7 Å². The van der Waals surface area contributed by atoms with Crippen LogP contribution in [0.25, 0.3) is 0 Å². The van der Waals surface area contributed by atoms with Crippen molar-refractivity contribution in [2.45, 2.75) is 12.3 Å². The van der Waals surface area contributed by atoms with Crippen LogP contribution in [0.5, 0.6) is 0 Å². The van der Waals surface area contributed by atoms with Gasteiger partial charge in [0.25, 0.3) is 0 Å². The van der Waals surface area contributed by atoms with E-state index in [0.717, 1.165) is 0 Å². The number of rotatable bonds is 4. The second kappa shape index (κ2) is 5.80. The summed E-state index contributed by atoms with van der Waals surface area (Å²) in [6.45, 7) is 0. The zero-order chi connectivity index (χ0) is 13.8. The van der Waals surface area contributed by atoms with E-state index in [-0.39, 0.29) is 17.1 Å². The normalized spacial score (nSPS) is 12.1. The summed E-state index contributed by atoms with van der Waals surface area (Å²) in [5.74, 6) is -2.48. The standard InChI is InChI=1S/C14H11ClFNO2/c15-11-5-3-7-17-13(11)10(14(18)19)8-9-4-1-2-6-12(9)16/h1-7,10H,8H2,(H,18,19). The molecule has 98 valence electrons. The van der Waals surface area contributed by atoms with Crippen molar-refractivity contribution < 1.29 is 14.3 Å². The van der Waals surface area contributed by atoms with Crippen LogP contribution in [0.15, 0.2) is 42.6 Å². The summed E-state index contributed by atoms with van der Waals surface area (Å²) in [6, 6.07) is 9.27. The van der Waals surface area contributed by atoms with Gasteiger partial charge in [0.1, 0.15) is 11.7 Å². The lowest BCUT2D eigenvalue weighted by atomic mass is 9.95. The maximum atomic E-state index is 13.6. The minimum atomic E-state index is -1.08. The second-order valence-electron chi connectivity index (χ2n) is 4.06. The molecule has 0 aliphatic carbocycles. The molecule has 0 saturated heterocycles. The van der Waals surface area contributed by atoms with Crippen LogP contribution in [0.1, 0.15) is 17.2 Å². The van der Waals surface area contributed by atoms with Gasteiger partial charge in [0.05, 0.1) is 10.7 Å². The lowest BCUT2D eigenvalue weighted by Crippen LogP contribution is -2.17. The third kappa shape index (κ3) is 3.09. The molecule has 0 fully saturated rings. The first-order chi connectivity index (χ1) is 9.09. The molecule has 0 aliphatic heterocycles. The van der Waals surface area contributed by atoms with Crippen molar-refractivity contribution in [2.75, 3.05) is 0 Å². The molecule has 5 heteroatoms. The average Bonchev–Trinajstić information content (AvgIpc) is 2.38. The van der Waals surface area contributed by atoms with Crippen molar-refractivity contribution in [1.82, 2.24) is 4.98 Å². The zero-order valence-corrected chi connectivity index (χ0v) is 10.6. The quantitative estimate of drug-likeness (QED) is 0.934. The number of hydrogen-bond donors (Lipinski definition) is 1. The summed E-state index contributed by atoms with van der Waals surface area (Å²) >= 11 is 5.95. The van der Waals surface area contributed by atoms with Crippen molar-refractivity contribution in [3.63, 3.8) is 0 Å². The number of carboxylic acid groups (broad SMARTS) is 1. The molecule has 1 N–H and O–H groups in total. The van der Waals surface area contributed by atoms with E-state index in [0.29, 0.717) is 5.56 Å². The summed E-state index contributed by atoms with van der Waals surface area (Å²) in [5, 5.41) is 9.55. The van der Waals surface area contributed by atoms with Gasteiger partial charge in [-0.1, -0.05) is 29.8 Å². The Kier molecular flexibility index (Phi) is 4.12. The van der Waals surface area contributed by atoms with Crippen molar-refractivity contribution in [2.24, 2.45) is 0 Å². The average molecular weight is 280 g/mol. The summed E-state index contributed by atoms with van der Waals surface area (Å²) in [5.41, 5.74) is 0.580. The summed E-state index contributed by atoms with van der Waals surface area (Å²) in [7, 11) is 0. The van der Waals surface area contributed by atoms with Crippen molar-refractivity contribution in [3.8, 4) is 0 Å². The monoisotopic (exact) mass is 279 g/mol. The predicted octanol–water partition coefficient (Wildman–Crippen LogP) is 3.29. The van der Waals surface area contributed by atoms with Gasteiger partial charge in [0.2, 0.25) is 0 Å². The first kappa shape index (κ1) is 13.5. The molecule has 0 saturated carbocycles. The molecule has 0 radical (unpaired) electrons. The smallest absolute Gasteiger partial charge is 0.312 e. The van der Waals surface area contributed by atoms with Gasteiger partial charge in [-0.15, -0.1) is 0 Å². The first-order valence-electron chi connectivity index (χ1n) is 5.66. The Bertz CT molecular complexity index is 604. The minimum Gasteiger partial charge on any atom is -0.481 e. The zero-order valence-electron chi connectivity index (χ0n) is 9.88. The third-order valence-electron chi connectivity index (χ3n) is 2.80. The number of halogens is 2. The Labute approximate surface area is 114 Å². The summed E-state index contributed by atoms with van der Waals surface area (Å²) in [4.78, 5) is 15.3. The Morgan fingerprint density at radius 1 is 1.32 bits per heavy atom. The van der Waals surface area contributed by atoms with Gasteiger partial charge in [0.15, 0.2) is 0 Å². The van der Waals surface area contributed by atoms with Crippen molar-refractivity contribution >= 4 is 17.6 Å². The molecule has 2 aromatic rings. The number of benzene rings is 1. The molecule has 0 bridgehead atoms. The molecule has 0 amide bonds. The topological polar surface area (TPSA) is 50.2 Å². The molecule has 19 heavy (non-hydrogen) atoms. The first-order valence-corrected chi connectivity index (χ1v) is 6.04. The summed E-state index contributed by atoms with van der Waals surface area (Å²) < 4.78 is 13.6. The highest BCUT2D eigenvalue weighted by atomic mass is 35.5. The molecule has 3 nitrogen and oxygen atoms in total. The van der Waals surface area contributed by atoms with Crippen LogP contribution in [-0.4, -0.2) is 16.1 Å². The van der Waals surface area contributed by atoms with E-state index in [4.69, 9.17) is 11.6 Å². The highest BCUT2D eigenvalue weighted by Gasteiger charge is 2.25. The number of pyridine rings is 1. The predicted molar refractivity (Wildman–Crippen MR) is 69.7 cm³/mol. The molecule has 1 atom stereocenters. The molecule has 0 aliphatic rings. The van der Waals surface area contributed by atoms with E-state index in [2.05, 4.69) is 4.98 Å². The van der Waals surface area contributed by atoms with Crippen LogP contribution in [0.2, 0.25) is 5.02 Å². The van der Waals surface area contributed by atoms with Gasteiger partial charge in [-0.05, 0) is 30.2 Å². The number of aliphatic carboxylic acids is 1. The molecule has 1 aromatic carbocycles. The minimum absolute atomic E-state index is 0.0126.